The van der Waals surface area contributed by atoms with Crippen molar-refractivity contribution in [1.82, 2.24) is 5.32 Å². The van der Waals surface area contributed by atoms with Gasteiger partial charge in [0, 0.05) is 33.5 Å². The molecule has 0 aliphatic heterocycles. The zero-order chi connectivity index (χ0) is 33.2. The third-order valence-corrected chi connectivity index (χ3v) is 8.29. The Hall–Kier alpha value is -5.22. The van der Waals surface area contributed by atoms with Crippen molar-refractivity contribution in [1.29, 1.82) is 0 Å². The predicted octanol–water partition coefficient (Wildman–Crippen LogP) is 6.86. The van der Waals surface area contributed by atoms with E-state index in [0.29, 0.717) is 34.1 Å². The van der Waals surface area contributed by atoms with Gasteiger partial charge in [0.25, 0.3) is 11.8 Å². The maximum Gasteiger partial charge on any atom is 0.272 e. The standard InChI is InChI=1S/C36H37N3O6S/c1-22-12-10-17-29(23(22)2)38-34(40)24(3)46-28-16-11-15-27(20-28)37-36(42)30(39-35(41)25-13-8-7-9-14-25)18-26-19-32(44-5)33(45-6)21-31(26)43-4/h7-21,24H,1-6H3,(H,37,42)(H,38,40)(H,39,41)/b30-18+. The van der Waals surface area contributed by atoms with Crippen LogP contribution in [0.5, 0.6) is 17.2 Å². The first-order valence-electron chi connectivity index (χ1n) is 14.5. The van der Waals surface area contributed by atoms with E-state index in [1.165, 1.54) is 39.2 Å². The lowest BCUT2D eigenvalue weighted by molar-refractivity contribution is -0.115. The van der Waals surface area contributed by atoms with Gasteiger partial charge in [-0.2, -0.15) is 0 Å². The van der Waals surface area contributed by atoms with Crippen LogP contribution >= 0.6 is 11.8 Å². The maximum atomic E-state index is 13.7. The molecule has 0 saturated heterocycles. The molecule has 0 spiro atoms. The third-order valence-electron chi connectivity index (χ3n) is 7.20. The summed E-state index contributed by atoms with van der Waals surface area (Å²) in [5, 5.41) is 8.20. The van der Waals surface area contributed by atoms with Gasteiger partial charge < -0.3 is 30.2 Å². The second-order valence-corrected chi connectivity index (χ2v) is 11.7. The van der Waals surface area contributed by atoms with Gasteiger partial charge in [0.1, 0.15) is 11.4 Å². The second kappa shape index (κ2) is 15.7. The van der Waals surface area contributed by atoms with Gasteiger partial charge in [-0.15, -0.1) is 11.8 Å². The number of thioether (sulfide) groups is 1. The summed E-state index contributed by atoms with van der Waals surface area (Å²) in [4.78, 5) is 40.6. The molecular weight excluding hydrogens is 602 g/mol. The molecule has 1 atom stereocenters. The molecule has 0 heterocycles. The number of methoxy groups -OCH3 is 3. The molecule has 0 saturated carbocycles. The Bertz CT molecular complexity index is 1760. The van der Waals surface area contributed by atoms with E-state index in [1.54, 1.807) is 60.7 Å². The van der Waals surface area contributed by atoms with E-state index in [2.05, 4.69) is 16.0 Å². The van der Waals surface area contributed by atoms with Crippen LogP contribution in [0, 0.1) is 13.8 Å². The highest BCUT2D eigenvalue weighted by molar-refractivity contribution is 8.00. The van der Waals surface area contributed by atoms with Gasteiger partial charge >= 0.3 is 0 Å². The van der Waals surface area contributed by atoms with Crippen molar-refractivity contribution in [3.63, 3.8) is 0 Å². The molecule has 0 aliphatic rings. The van der Waals surface area contributed by atoms with Crippen LogP contribution in [0.15, 0.2) is 95.5 Å². The van der Waals surface area contributed by atoms with Crippen LogP contribution in [0.4, 0.5) is 11.4 Å². The van der Waals surface area contributed by atoms with E-state index in [-0.39, 0.29) is 11.6 Å². The summed E-state index contributed by atoms with van der Waals surface area (Å²) < 4.78 is 16.4. The number of carbonyl (C=O) groups is 3. The number of anilines is 2. The van der Waals surface area contributed by atoms with E-state index in [1.807, 2.05) is 45.0 Å². The van der Waals surface area contributed by atoms with Crippen molar-refractivity contribution in [3.8, 4) is 17.2 Å². The fraction of sp³-hybridized carbons (Fsp3) is 0.194. The van der Waals surface area contributed by atoms with Crippen LogP contribution < -0.4 is 30.2 Å². The number of nitrogens with one attached hydrogen (secondary N) is 3. The fourth-order valence-electron chi connectivity index (χ4n) is 4.49. The van der Waals surface area contributed by atoms with Gasteiger partial charge in [-0.3, -0.25) is 14.4 Å². The largest absolute Gasteiger partial charge is 0.496 e. The monoisotopic (exact) mass is 639 g/mol. The Kier molecular flexibility index (Phi) is 11.5. The van der Waals surface area contributed by atoms with E-state index in [9.17, 15) is 14.4 Å². The average Bonchev–Trinajstić information content (AvgIpc) is 3.06. The molecule has 46 heavy (non-hydrogen) atoms. The summed E-state index contributed by atoms with van der Waals surface area (Å²) in [5.74, 6) is 0.110. The molecular formula is C36H37N3O6S. The van der Waals surface area contributed by atoms with Crippen molar-refractivity contribution >= 4 is 46.9 Å². The SMILES string of the molecule is COc1cc(OC)c(OC)cc1/C=C(/NC(=O)c1ccccc1)C(=O)Nc1cccc(SC(C)C(=O)Nc2cccc(C)c2C)c1. The van der Waals surface area contributed by atoms with Crippen molar-refractivity contribution in [3.05, 3.63) is 113 Å². The zero-order valence-corrected chi connectivity index (χ0v) is 27.4. The third kappa shape index (κ3) is 8.48. The lowest BCUT2D eigenvalue weighted by Crippen LogP contribution is -2.30. The molecule has 0 bridgehead atoms. The molecule has 4 aromatic rings. The Morgan fingerprint density at radius 3 is 2.13 bits per heavy atom. The summed E-state index contributed by atoms with van der Waals surface area (Å²) in [6.45, 7) is 5.80. The highest BCUT2D eigenvalue weighted by Crippen LogP contribution is 2.36. The Balaban J connectivity index is 1.58. The van der Waals surface area contributed by atoms with Gasteiger partial charge in [-0.25, -0.2) is 0 Å². The average molecular weight is 640 g/mol. The molecule has 3 N–H and O–H groups in total. The molecule has 0 aromatic heterocycles. The molecule has 238 valence electrons. The molecule has 0 aliphatic carbocycles. The summed E-state index contributed by atoms with van der Waals surface area (Å²) in [5.41, 5.74) is 4.21. The number of hydrogen-bond donors (Lipinski definition) is 3. The fourth-order valence-corrected chi connectivity index (χ4v) is 5.41. The molecule has 4 rings (SSSR count). The van der Waals surface area contributed by atoms with Gasteiger partial charge in [0.15, 0.2) is 11.5 Å². The summed E-state index contributed by atoms with van der Waals surface area (Å²) >= 11 is 1.36. The molecule has 9 nitrogen and oxygen atoms in total. The van der Waals surface area contributed by atoms with Gasteiger partial charge in [0.05, 0.1) is 26.6 Å². The molecule has 0 fully saturated rings. The van der Waals surface area contributed by atoms with Gasteiger partial charge in [-0.05, 0) is 80.4 Å². The van der Waals surface area contributed by atoms with Crippen LogP contribution in [0.25, 0.3) is 6.08 Å². The van der Waals surface area contributed by atoms with Crippen molar-refractivity contribution in [2.45, 2.75) is 30.9 Å². The zero-order valence-electron chi connectivity index (χ0n) is 26.6. The van der Waals surface area contributed by atoms with E-state index < -0.39 is 17.1 Å². The van der Waals surface area contributed by atoms with Crippen LogP contribution in [0.2, 0.25) is 0 Å². The minimum atomic E-state index is -0.566. The maximum absolute atomic E-state index is 13.7. The highest BCUT2D eigenvalue weighted by atomic mass is 32.2. The molecule has 0 radical (unpaired) electrons. The molecule has 10 heteroatoms. The quantitative estimate of drug-likeness (QED) is 0.115. The van der Waals surface area contributed by atoms with Crippen LogP contribution in [-0.2, 0) is 9.59 Å². The van der Waals surface area contributed by atoms with Crippen molar-refractivity contribution in [2.24, 2.45) is 0 Å². The van der Waals surface area contributed by atoms with Crippen molar-refractivity contribution in [2.75, 3.05) is 32.0 Å². The van der Waals surface area contributed by atoms with Crippen LogP contribution in [-0.4, -0.2) is 44.3 Å². The lowest BCUT2D eigenvalue weighted by atomic mass is 10.1. The lowest BCUT2D eigenvalue weighted by Gasteiger charge is -2.16. The number of ether oxygens (including phenoxy) is 3. The number of aryl methyl sites for hydroxylation is 1. The molecule has 1 unspecified atom stereocenters. The smallest absolute Gasteiger partial charge is 0.272 e. The van der Waals surface area contributed by atoms with Crippen LogP contribution in [0.3, 0.4) is 0 Å². The number of rotatable bonds is 12. The van der Waals surface area contributed by atoms with Crippen molar-refractivity contribution < 1.29 is 28.6 Å². The first-order chi connectivity index (χ1) is 22.1. The summed E-state index contributed by atoms with van der Waals surface area (Å²) in [6, 6.07) is 24.8. The molecule has 3 amide bonds. The Morgan fingerprint density at radius 2 is 1.43 bits per heavy atom. The second-order valence-electron chi connectivity index (χ2n) is 10.3. The van der Waals surface area contributed by atoms with Crippen LogP contribution in [0.1, 0.15) is 34.0 Å². The topological polar surface area (TPSA) is 115 Å². The van der Waals surface area contributed by atoms with E-state index in [0.717, 1.165) is 21.7 Å². The van der Waals surface area contributed by atoms with E-state index >= 15 is 0 Å². The Morgan fingerprint density at radius 1 is 0.761 bits per heavy atom. The number of amides is 3. The normalized spacial score (nSPS) is 11.7. The first kappa shape index (κ1) is 33.7. The molecule has 4 aromatic carbocycles. The van der Waals surface area contributed by atoms with E-state index in [4.69, 9.17) is 14.2 Å². The first-order valence-corrected chi connectivity index (χ1v) is 15.3. The Labute approximate surface area is 273 Å². The van der Waals surface area contributed by atoms with Gasteiger partial charge in [0.2, 0.25) is 5.91 Å². The summed E-state index contributed by atoms with van der Waals surface area (Å²) in [7, 11) is 4.51. The summed E-state index contributed by atoms with van der Waals surface area (Å²) in [6.07, 6.45) is 1.51. The minimum Gasteiger partial charge on any atom is -0.496 e. The number of benzene rings is 4. The highest BCUT2D eigenvalue weighted by Gasteiger charge is 2.19. The number of carbonyl (C=O) groups excluding carboxylic acids is 3. The minimum absolute atomic E-state index is 0.0290. The predicted molar refractivity (Wildman–Crippen MR) is 183 cm³/mol. The van der Waals surface area contributed by atoms with Gasteiger partial charge in [-0.1, -0.05) is 36.4 Å². The number of hydrogen-bond acceptors (Lipinski definition) is 7.